The van der Waals surface area contributed by atoms with Crippen LogP contribution in [-0.4, -0.2) is 37.0 Å². The van der Waals surface area contributed by atoms with Crippen molar-refractivity contribution in [2.24, 2.45) is 0 Å². The third-order valence-electron chi connectivity index (χ3n) is 3.81. The van der Waals surface area contributed by atoms with Gasteiger partial charge in [0.25, 0.3) is 0 Å². The second-order valence-electron chi connectivity index (χ2n) is 5.51. The number of benzene rings is 1. The molecule has 0 aliphatic carbocycles. The van der Waals surface area contributed by atoms with Gasteiger partial charge in [-0.05, 0) is 50.5 Å². The van der Waals surface area contributed by atoms with E-state index in [9.17, 15) is 4.79 Å². The lowest BCUT2D eigenvalue weighted by molar-refractivity contribution is -0.129. The number of carbonyl (C=O) groups excluding carboxylic acids is 1. The lowest BCUT2D eigenvalue weighted by atomic mass is 10.0. The monoisotopic (exact) mass is 261 g/mol. The summed E-state index contributed by atoms with van der Waals surface area (Å²) in [6, 6.07) is 6.21. The highest BCUT2D eigenvalue weighted by atomic mass is 16.2. The van der Waals surface area contributed by atoms with E-state index in [2.05, 4.69) is 4.90 Å². The van der Waals surface area contributed by atoms with Crippen LogP contribution in [0.3, 0.4) is 0 Å². The SMILES string of the molecule is CC(C)N(C)C(=O)CN1CCCc2cc(N)ccc21. The molecule has 0 bridgehead atoms. The summed E-state index contributed by atoms with van der Waals surface area (Å²) in [4.78, 5) is 16.2. The average molecular weight is 261 g/mol. The number of aryl methyl sites for hydroxylation is 1. The van der Waals surface area contributed by atoms with E-state index >= 15 is 0 Å². The minimum absolute atomic E-state index is 0.166. The molecule has 104 valence electrons. The molecule has 4 heteroatoms. The summed E-state index contributed by atoms with van der Waals surface area (Å²) in [5, 5.41) is 0. The zero-order valence-corrected chi connectivity index (χ0v) is 12.0. The third-order valence-corrected chi connectivity index (χ3v) is 3.81. The first-order valence-electron chi connectivity index (χ1n) is 6.88. The Balaban J connectivity index is 2.14. The van der Waals surface area contributed by atoms with Crippen molar-refractivity contribution in [3.05, 3.63) is 23.8 Å². The van der Waals surface area contributed by atoms with Gasteiger partial charge in [0.05, 0.1) is 6.54 Å². The first kappa shape index (κ1) is 13.7. The Morgan fingerprint density at radius 2 is 2.21 bits per heavy atom. The summed E-state index contributed by atoms with van der Waals surface area (Å²) in [6.07, 6.45) is 2.13. The zero-order valence-electron chi connectivity index (χ0n) is 12.0. The second-order valence-corrected chi connectivity index (χ2v) is 5.51. The fraction of sp³-hybridized carbons (Fsp3) is 0.533. The first-order chi connectivity index (χ1) is 8.99. The molecule has 0 saturated heterocycles. The van der Waals surface area contributed by atoms with Gasteiger partial charge in [0.15, 0.2) is 0 Å². The lowest BCUT2D eigenvalue weighted by Gasteiger charge is -2.33. The van der Waals surface area contributed by atoms with Gasteiger partial charge in [-0.15, -0.1) is 0 Å². The lowest BCUT2D eigenvalue weighted by Crippen LogP contribution is -2.43. The van der Waals surface area contributed by atoms with Crippen LogP contribution in [0.1, 0.15) is 25.8 Å². The molecule has 1 aliphatic heterocycles. The second kappa shape index (κ2) is 5.51. The number of rotatable bonds is 3. The van der Waals surface area contributed by atoms with E-state index in [0.29, 0.717) is 6.54 Å². The van der Waals surface area contributed by atoms with E-state index in [1.165, 1.54) is 5.56 Å². The van der Waals surface area contributed by atoms with Crippen molar-refractivity contribution < 1.29 is 4.79 Å². The molecule has 1 aliphatic rings. The molecule has 0 atom stereocenters. The standard InChI is InChI=1S/C15H23N3O/c1-11(2)17(3)15(19)10-18-8-4-5-12-9-13(16)6-7-14(12)18/h6-7,9,11H,4-5,8,10,16H2,1-3H3. The number of hydrogen-bond donors (Lipinski definition) is 1. The fourth-order valence-electron chi connectivity index (χ4n) is 2.42. The number of nitrogens with two attached hydrogens (primary N) is 1. The number of anilines is 2. The molecule has 1 aromatic rings. The van der Waals surface area contributed by atoms with Gasteiger partial charge >= 0.3 is 0 Å². The molecule has 1 heterocycles. The Bertz CT molecular complexity index is 470. The summed E-state index contributed by atoms with van der Waals surface area (Å²) in [5.74, 6) is 0.166. The molecular formula is C15H23N3O. The van der Waals surface area contributed by atoms with E-state index in [-0.39, 0.29) is 11.9 Å². The molecule has 0 radical (unpaired) electrons. The highest BCUT2D eigenvalue weighted by Gasteiger charge is 2.21. The molecule has 0 aromatic heterocycles. The minimum atomic E-state index is 0.166. The van der Waals surface area contributed by atoms with E-state index in [0.717, 1.165) is 30.8 Å². The van der Waals surface area contributed by atoms with Crippen LogP contribution in [0.25, 0.3) is 0 Å². The predicted octanol–water partition coefficient (Wildman–Crippen LogP) is 1.89. The Labute approximate surface area is 115 Å². The van der Waals surface area contributed by atoms with Gasteiger partial charge in [0, 0.05) is 31.0 Å². The van der Waals surface area contributed by atoms with E-state index < -0.39 is 0 Å². The van der Waals surface area contributed by atoms with Crippen molar-refractivity contribution in [3.63, 3.8) is 0 Å². The number of fused-ring (bicyclic) bond motifs is 1. The number of carbonyl (C=O) groups is 1. The molecule has 1 aromatic carbocycles. The fourth-order valence-corrected chi connectivity index (χ4v) is 2.42. The molecule has 0 unspecified atom stereocenters. The van der Waals surface area contributed by atoms with Crippen LogP contribution in [0, 0.1) is 0 Å². The quantitative estimate of drug-likeness (QED) is 0.845. The normalized spacial score (nSPS) is 14.4. The number of nitrogen functional groups attached to an aromatic ring is 1. The highest BCUT2D eigenvalue weighted by Crippen LogP contribution is 2.28. The Hall–Kier alpha value is -1.71. The van der Waals surface area contributed by atoms with Crippen molar-refractivity contribution in [2.75, 3.05) is 30.8 Å². The van der Waals surface area contributed by atoms with Gasteiger partial charge in [-0.3, -0.25) is 4.79 Å². The van der Waals surface area contributed by atoms with E-state index in [1.807, 2.05) is 39.1 Å². The maximum absolute atomic E-state index is 12.2. The number of amides is 1. The van der Waals surface area contributed by atoms with E-state index in [4.69, 9.17) is 5.73 Å². The Morgan fingerprint density at radius 3 is 2.89 bits per heavy atom. The summed E-state index contributed by atoms with van der Waals surface area (Å²) in [5.41, 5.74) is 9.03. The van der Waals surface area contributed by atoms with Crippen LogP contribution in [0.5, 0.6) is 0 Å². The molecule has 0 fully saturated rings. The van der Waals surface area contributed by atoms with E-state index in [1.54, 1.807) is 4.90 Å². The smallest absolute Gasteiger partial charge is 0.242 e. The van der Waals surface area contributed by atoms with Crippen LogP contribution >= 0.6 is 0 Å². The van der Waals surface area contributed by atoms with Crippen molar-refractivity contribution in [1.82, 2.24) is 4.90 Å². The van der Waals surface area contributed by atoms with Gasteiger partial charge in [-0.25, -0.2) is 0 Å². The van der Waals surface area contributed by atoms with Gasteiger partial charge in [-0.1, -0.05) is 0 Å². The summed E-state index contributed by atoms with van der Waals surface area (Å²) < 4.78 is 0. The maximum Gasteiger partial charge on any atom is 0.242 e. The highest BCUT2D eigenvalue weighted by molar-refractivity contribution is 5.82. The molecule has 4 nitrogen and oxygen atoms in total. The van der Waals surface area contributed by atoms with Crippen LogP contribution in [0.2, 0.25) is 0 Å². The average Bonchev–Trinajstić information content (AvgIpc) is 2.37. The van der Waals surface area contributed by atoms with Gasteiger partial charge < -0.3 is 15.5 Å². The first-order valence-corrected chi connectivity index (χ1v) is 6.88. The molecule has 0 spiro atoms. The topological polar surface area (TPSA) is 49.6 Å². The summed E-state index contributed by atoms with van der Waals surface area (Å²) in [7, 11) is 1.86. The molecular weight excluding hydrogens is 238 g/mol. The summed E-state index contributed by atoms with van der Waals surface area (Å²) >= 11 is 0. The van der Waals surface area contributed by atoms with Gasteiger partial charge in [-0.2, -0.15) is 0 Å². The Morgan fingerprint density at radius 1 is 1.47 bits per heavy atom. The summed E-state index contributed by atoms with van der Waals surface area (Å²) in [6.45, 7) is 5.45. The van der Waals surface area contributed by atoms with Crippen LogP contribution in [0.4, 0.5) is 11.4 Å². The molecule has 1 amide bonds. The Kier molecular flexibility index (Phi) is 3.98. The van der Waals surface area contributed by atoms with Gasteiger partial charge in [0.1, 0.15) is 0 Å². The largest absolute Gasteiger partial charge is 0.399 e. The maximum atomic E-state index is 12.2. The van der Waals surface area contributed by atoms with Crippen molar-refractivity contribution >= 4 is 17.3 Å². The molecule has 19 heavy (non-hydrogen) atoms. The predicted molar refractivity (Wildman–Crippen MR) is 79.3 cm³/mol. The van der Waals surface area contributed by atoms with Crippen molar-refractivity contribution in [2.45, 2.75) is 32.7 Å². The molecule has 2 N–H and O–H groups in total. The minimum Gasteiger partial charge on any atom is -0.399 e. The number of likely N-dealkylation sites (N-methyl/N-ethyl adjacent to an activating group) is 1. The van der Waals surface area contributed by atoms with Gasteiger partial charge in [0.2, 0.25) is 5.91 Å². The third kappa shape index (κ3) is 3.00. The van der Waals surface area contributed by atoms with Crippen molar-refractivity contribution in [1.29, 1.82) is 0 Å². The van der Waals surface area contributed by atoms with Crippen LogP contribution in [-0.2, 0) is 11.2 Å². The number of nitrogens with zero attached hydrogens (tertiary/aromatic N) is 2. The zero-order chi connectivity index (χ0) is 14.0. The van der Waals surface area contributed by atoms with Crippen LogP contribution < -0.4 is 10.6 Å². The molecule has 2 rings (SSSR count). The molecule has 0 saturated carbocycles. The van der Waals surface area contributed by atoms with Crippen LogP contribution in [0.15, 0.2) is 18.2 Å². The van der Waals surface area contributed by atoms with Crippen molar-refractivity contribution in [3.8, 4) is 0 Å². The number of hydrogen-bond acceptors (Lipinski definition) is 3.